The summed E-state index contributed by atoms with van der Waals surface area (Å²) in [5, 5.41) is 12.8. The van der Waals surface area contributed by atoms with Crippen molar-refractivity contribution < 1.29 is 106 Å². The molecule has 24 heteroatoms. The van der Waals surface area contributed by atoms with Crippen molar-refractivity contribution >= 4 is 70.7 Å². The highest BCUT2D eigenvalue weighted by Crippen LogP contribution is 2.56. The lowest BCUT2D eigenvalue weighted by Crippen LogP contribution is -3.00. The molecular formula is C84H140Cl4N8O8S4. The summed E-state index contributed by atoms with van der Waals surface area (Å²) in [6.45, 7) is 44.3. The van der Waals surface area contributed by atoms with E-state index >= 15 is 0 Å². The molecule has 0 saturated carbocycles. The van der Waals surface area contributed by atoms with Crippen LogP contribution >= 0.6 is 47.0 Å². The van der Waals surface area contributed by atoms with Crippen LogP contribution in [0.15, 0.2) is 87.7 Å². The maximum atomic E-state index is 14.4. The van der Waals surface area contributed by atoms with Gasteiger partial charge in [0.2, 0.25) is 0 Å². The van der Waals surface area contributed by atoms with E-state index in [0.717, 1.165) is 209 Å². The Hall–Kier alpha value is -3.64. The highest BCUT2D eigenvalue weighted by atomic mass is 35.5. The molecule has 1 aliphatic rings. The number of amides is 4. The molecule has 0 saturated heterocycles. The van der Waals surface area contributed by atoms with E-state index in [-0.39, 0.29) is 121 Å². The van der Waals surface area contributed by atoms with Gasteiger partial charge in [-0.05, 0) is 118 Å². The van der Waals surface area contributed by atoms with E-state index in [1.54, 1.807) is 0 Å². The van der Waals surface area contributed by atoms with Crippen molar-refractivity contribution in [3.8, 4) is 23.0 Å². The van der Waals surface area contributed by atoms with Crippen molar-refractivity contribution in [2.24, 2.45) is 0 Å². The Morgan fingerprint density at radius 3 is 0.574 bits per heavy atom. The third-order valence-electron chi connectivity index (χ3n) is 19.3. The Kier molecular flexibility index (Phi) is 44.2. The summed E-state index contributed by atoms with van der Waals surface area (Å²) in [6.07, 6.45) is 12.4. The Morgan fingerprint density at radius 1 is 0.287 bits per heavy atom. The maximum absolute atomic E-state index is 14.4. The summed E-state index contributed by atoms with van der Waals surface area (Å²) in [4.78, 5) is 63.4. The molecule has 1 aliphatic heterocycles. The molecular weight excluding hydrogens is 1520 g/mol. The van der Waals surface area contributed by atoms with Crippen LogP contribution in [0.3, 0.4) is 0 Å². The fourth-order valence-electron chi connectivity index (χ4n) is 12.2. The average molecular weight is 1660 g/mol. The van der Waals surface area contributed by atoms with E-state index in [1.165, 1.54) is 47.0 Å². The van der Waals surface area contributed by atoms with Crippen LogP contribution in [-0.4, -0.2) is 203 Å². The quantitative estimate of drug-likeness (QED) is 0.0314. The van der Waals surface area contributed by atoms with E-state index < -0.39 is 0 Å². The van der Waals surface area contributed by atoms with Gasteiger partial charge in [0.15, 0.2) is 26.4 Å². The molecule has 0 radical (unpaired) electrons. The van der Waals surface area contributed by atoms with Crippen molar-refractivity contribution in [3.05, 3.63) is 70.8 Å². The normalized spacial score (nSPS) is 12.8. The first-order valence-electron chi connectivity index (χ1n) is 38.8. The van der Waals surface area contributed by atoms with Crippen LogP contribution in [0.5, 0.6) is 23.0 Å². The predicted molar refractivity (Wildman–Crippen MR) is 437 cm³/mol. The molecule has 616 valence electrons. The standard InChI is InChI=1S/C84H136N8O8S4.4ClH/c1-25-29-41-89(17,18)45-33-37-85-73(93)57-97-77-65-49-61(81(5,6)7)50-66(77)102-68-52-63(83(11,12)13)54-70(79(68)99-59-75(95)87-39-35-47-91(21,22)43-31-27-3)104-72-56-64(84(14,15)16)55-71(80(72)100-60-76(96)88-40-36-48-92(23,24)44-32-28-4)103-69-53-62(82(8,9)10)51-67(101-65)78(69)98-58-74(94)86-38-34-46-90(19,20)42-30-26-2;;;;/h49-56H,25-48,57-60H2,1-24H3;4*1H. The molecule has 4 aromatic carbocycles. The monoisotopic (exact) mass is 1660 g/mol. The number of nitrogens with zero attached hydrogens (tertiary/aromatic N) is 4. The van der Waals surface area contributed by atoms with Gasteiger partial charge in [-0.1, -0.05) is 184 Å². The van der Waals surface area contributed by atoms with Gasteiger partial charge in [-0.2, -0.15) is 0 Å². The number of unbranched alkanes of at least 4 members (excludes halogenated alkanes) is 4. The van der Waals surface area contributed by atoms with Crippen molar-refractivity contribution in [2.45, 2.75) is 249 Å². The van der Waals surface area contributed by atoms with Crippen LogP contribution in [0.4, 0.5) is 0 Å². The molecule has 16 nitrogen and oxygen atoms in total. The van der Waals surface area contributed by atoms with Crippen molar-refractivity contribution in [2.75, 3.05) is 161 Å². The Labute approximate surface area is 696 Å². The van der Waals surface area contributed by atoms with E-state index in [0.29, 0.717) is 49.2 Å². The zero-order valence-corrected chi connectivity index (χ0v) is 76.9. The first-order chi connectivity index (χ1) is 48.5. The SMILES string of the molecule is CCCC[N+](C)(C)CCCNC(=O)COc1c2cc(C(C)(C)C)cc1Sc1cc(C(C)(C)C)cc(c1OCC(=O)NCCC[N+](C)(C)CCCC)Sc1cc(C(C)(C)C)cc(c1OCC(=O)NCCC[N+](C)(C)CCCC)Sc1cc(C(C)(C)C)cc(c1OCC(=O)NCCC[N+](C)(C)CCCC)S2.[Cl-].[Cl-].[Cl-].[Cl-]. The number of hydrogen-bond donors (Lipinski definition) is 4. The second kappa shape index (κ2) is 46.7. The highest BCUT2D eigenvalue weighted by molar-refractivity contribution is 8.01. The Balaban J connectivity index is 0.0000146. The van der Waals surface area contributed by atoms with E-state index in [9.17, 15) is 19.2 Å². The summed E-state index contributed by atoms with van der Waals surface area (Å²) in [7, 11) is 18.0. The van der Waals surface area contributed by atoms with Gasteiger partial charge in [-0.25, -0.2) is 0 Å². The van der Waals surface area contributed by atoms with Crippen LogP contribution in [0, 0.1) is 0 Å². The Bertz CT molecular complexity index is 2920. The molecule has 4 N–H and O–H groups in total. The summed E-state index contributed by atoms with van der Waals surface area (Å²) in [5.74, 6) is 1.07. The molecule has 4 amide bonds. The minimum atomic E-state index is -0.387. The molecule has 0 aliphatic carbocycles. The molecule has 4 aromatic rings. The minimum absolute atomic E-state index is 0. The number of carbonyl (C=O) groups excluding carboxylic acids is 4. The number of halogens is 4. The predicted octanol–water partition coefficient (Wildman–Crippen LogP) is 4.86. The second-order valence-corrected chi connectivity index (χ2v) is 39.9. The van der Waals surface area contributed by atoms with Gasteiger partial charge in [0, 0.05) is 51.9 Å². The number of benzene rings is 4. The number of rotatable bonds is 40. The molecule has 8 bridgehead atoms. The summed E-state index contributed by atoms with van der Waals surface area (Å²) in [6, 6.07) is 17.4. The molecule has 0 fully saturated rings. The average Bonchev–Trinajstić information content (AvgIpc) is 0.763. The molecule has 0 unspecified atom stereocenters. The topological polar surface area (TPSA) is 153 Å². The van der Waals surface area contributed by atoms with Crippen LogP contribution in [0.25, 0.3) is 0 Å². The second-order valence-electron chi connectivity index (χ2n) is 35.5. The highest BCUT2D eigenvalue weighted by Gasteiger charge is 2.33. The zero-order valence-electron chi connectivity index (χ0n) is 70.6. The van der Waals surface area contributed by atoms with E-state index in [4.69, 9.17) is 18.9 Å². The van der Waals surface area contributed by atoms with Crippen molar-refractivity contribution in [3.63, 3.8) is 0 Å². The molecule has 0 aromatic heterocycles. The molecule has 0 atom stereocenters. The number of ether oxygens (including phenoxy) is 4. The first-order valence-corrected chi connectivity index (χ1v) is 42.1. The van der Waals surface area contributed by atoms with E-state index in [1.807, 2.05) is 0 Å². The molecule has 108 heavy (non-hydrogen) atoms. The molecule has 5 rings (SSSR count). The van der Waals surface area contributed by atoms with Crippen LogP contribution in [-0.2, 0) is 40.8 Å². The third kappa shape index (κ3) is 35.4. The lowest BCUT2D eigenvalue weighted by molar-refractivity contribution is -0.890. The molecule has 0 spiro atoms. The van der Waals surface area contributed by atoms with Gasteiger partial charge < -0.3 is 108 Å². The largest absolute Gasteiger partial charge is 1.00 e. The number of nitrogens with one attached hydrogen (secondary N) is 4. The summed E-state index contributed by atoms with van der Waals surface area (Å²) >= 11 is 5.97. The minimum Gasteiger partial charge on any atom is -1.00 e. The van der Waals surface area contributed by atoms with Gasteiger partial charge in [-0.15, -0.1) is 0 Å². The van der Waals surface area contributed by atoms with Gasteiger partial charge in [-0.3, -0.25) is 19.2 Å². The van der Waals surface area contributed by atoms with Crippen LogP contribution < -0.4 is 89.8 Å². The summed E-state index contributed by atoms with van der Waals surface area (Å²) in [5.41, 5.74) is 2.54. The van der Waals surface area contributed by atoms with Crippen LogP contribution in [0.1, 0.15) is 210 Å². The summed E-state index contributed by atoms with van der Waals surface area (Å²) < 4.78 is 31.8. The number of fused-ring (bicyclic) bond motifs is 8. The van der Waals surface area contributed by atoms with Crippen molar-refractivity contribution in [1.82, 2.24) is 21.3 Å². The van der Waals surface area contributed by atoms with Gasteiger partial charge >= 0.3 is 0 Å². The zero-order chi connectivity index (χ0) is 77.5. The Morgan fingerprint density at radius 2 is 0.435 bits per heavy atom. The van der Waals surface area contributed by atoms with Gasteiger partial charge in [0.1, 0.15) is 23.0 Å². The van der Waals surface area contributed by atoms with E-state index in [2.05, 4.69) is 237 Å². The number of hydrogen-bond acceptors (Lipinski definition) is 12. The number of carbonyl (C=O) groups is 4. The maximum Gasteiger partial charge on any atom is 0.257 e. The fourth-order valence-corrected chi connectivity index (χ4v) is 17.0. The first kappa shape index (κ1) is 102. The van der Waals surface area contributed by atoms with Crippen molar-refractivity contribution in [1.29, 1.82) is 0 Å². The van der Waals surface area contributed by atoms with Gasteiger partial charge in [0.05, 0.1) is 148 Å². The van der Waals surface area contributed by atoms with Gasteiger partial charge in [0.25, 0.3) is 23.6 Å². The fraction of sp³-hybridized carbons (Fsp3) is 0.667. The number of quaternary nitrogens is 4. The molecule has 1 heterocycles. The lowest BCUT2D eigenvalue weighted by Gasteiger charge is -2.29. The van der Waals surface area contributed by atoms with Crippen LogP contribution in [0.2, 0.25) is 0 Å². The third-order valence-corrected chi connectivity index (χ3v) is 23.5. The lowest BCUT2D eigenvalue weighted by atomic mass is 9.87. The smallest absolute Gasteiger partial charge is 0.257 e.